The molecule has 3 heteroatoms. The normalized spacial score (nSPS) is 22.9. The Labute approximate surface area is 93.8 Å². The maximum atomic E-state index is 12.1. The van der Waals surface area contributed by atoms with E-state index in [9.17, 15) is 4.79 Å². The number of hydrogen-bond acceptors (Lipinski definition) is 3. The van der Waals surface area contributed by atoms with Crippen LogP contribution in [-0.2, 0) is 16.6 Å². The summed E-state index contributed by atoms with van der Waals surface area (Å²) in [6, 6.07) is 8.28. The van der Waals surface area contributed by atoms with Crippen molar-refractivity contribution < 1.29 is 4.79 Å². The Kier molecular flexibility index (Phi) is 1.94. The first-order valence-electron chi connectivity index (χ1n) is 5.17. The highest BCUT2D eigenvalue weighted by Crippen LogP contribution is 2.44. The molecule has 78 valence electrons. The molecule has 2 aliphatic rings. The quantitative estimate of drug-likeness (QED) is 0.670. The van der Waals surface area contributed by atoms with Gasteiger partial charge in [0.05, 0.1) is 5.41 Å². The Hall–Kier alpha value is -0.800. The van der Waals surface area contributed by atoms with E-state index < -0.39 is 0 Å². The first-order chi connectivity index (χ1) is 7.26. The zero-order valence-electron chi connectivity index (χ0n) is 8.69. The van der Waals surface area contributed by atoms with Gasteiger partial charge in [-0.15, -0.1) is 0 Å². The minimum Gasteiger partial charge on any atom is -0.298 e. The zero-order chi connectivity index (χ0) is 10.5. The largest absolute Gasteiger partial charge is 0.298 e. The highest BCUT2D eigenvalue weighted by molar-refractivity contribution is 7.96. The van der Waals surface area contributed by atoms with Crippen molar-refractivity contribution in [1.82, 2.24) is 4.31 Å². The van der Waals surface area contributed by atoms with Crippen LogP contribution in [0, 0.1) is 0 Å². The lowest BCUT2D eigenvalue weighted by atomic mass is 9.76. The third-order valence-electron chi connectivity index (χ3n) is 3.57. The summed E-state index contributed by atoms with van der Waals surface area (Å²) in [5.41, 5.74) is 2.36. The lowest BCUT2D eigenvalue weighted by Gasteiger charge is -2.46. The molecule has 0 atom stereocenters. The number of hydrogen-bond donors (Lipinski definition) is 0. The number of rotatable bonds is 1. The first kappa shape index (κ1) is 9.43. The topological polar surface area (TPSA) is 20.3 Å². The van der Waals surface area contributed by atoms with Gasteiger partial charge in [0.25, 0.3) is 0 Å². The van der Waals surface area contributed by atoms with Gasteiger partial charge in [0.2, 0.25) is 0 Å². The molecule has 1 aromatic rings. The number of Topliss-reactive ketones (excluding diaryl/α,β-unsaturated/α-hetero) is 1. The molecular weight excluding hydrogens is 206 g/mol. The van der Waals surface area contributed by atoms with Crippen LogP contribution in [0.2, 0.25) is 0 Å². The van der Waals surface area contributed by atoms with E-state index in [1.165, 1.54) is 11.1 Å². The van der Waals surface area contributed by atoms with Crippen LogP contribution in [0.15, 0.2) is 24.3 Å². The van der Waals surface area contributed by atoms with Gasteiger partial charge in [0, 0.05) is 19.5 Å². The summed E-state index contributed by atoms with van der Waals surface area (Å²) in [6.07, 6.45) is 2.70. The van der Waals surface area contributed by atoms with Gasteiger partial charge in [0.1, 0.15) is 5.78 Å². The molecule has 1 heterocycles. The van der Waals surface area contributed by atoms with Crippen molar-refractivity contribution in [3.8, 4) is 0 Å². The Bertz CT molecular complexity index is 423. The Morgan fingerprint density at radius 2 is 2.07 bits per heavy atom. The van der Waals surface area contributed by atoms with Gasteiger partial charge in [-0.25, -0.2) is 4.31 Å². The van der Waals surface area contributed by atoms with Crippen molar-refractivity contribution in [2.24, 2.45) is 0 Å². The molecule has 1 aliphatic carbocycles. The van der Waals surface area contributed by atoms with Crippen molar-refractivity contribution in [3.05, 3.63) is 35.4 Å². The van der Waals surface area contributed by atoms with Crippen LogP contribution in [0.1, 0.15) is 11.1 Å². The molecule has 0 N–H and O–H groups in total. The van der Waals surface area contributed by atoms with Gasteiger partial charge < -0.3 is 0 Å². The molecule has 0 aromatic heterocycles. The van der Waals surface area contributed by atoms with Crippen molar-refractivity contribution in [3.63, 3.8) is 0 Å². The third kappa shape index (κ3) is 1.13. The fraction of sp³-hybridized carbons (Fsp3) is 0.417. The molecule has 1 aliphatic heterocycles. The molecule has 0 bridgehead atoms. The maximum absolute atomic E-state index is 12.1. The SMILES string of the molecule is CSN1CC2(C1)C(=O)Cc1ccccc12. The lowest BCUT2D eigenvalue weighted by Crippen LogP contribution is -2.59. The minimum atomic E-state index is -0.153. The summed E-state index contributed by atoms with van der Waals surface area (Å²) in [7, 11) is 0. The van der Waals surface area contributed by atoms with Crippen molar-refractivity contribution >= 4 is 17.7 Å². The standard InChI is InChI=1S/C12H13NOS/c1-15-13-7-12(8-13)10-5-3-2-4-9(10)6-11(12)14/h2-5H,6-8H2,1H3. The van der Waals surface area contributed by atoms with E-state index in [1.54, 1.807) is 11.9 Å². The van der Waals surface area contributed by atoms with E-state index in [1.807, 2.05) is 12.1 Å². The maximum Gasteiger partial charge on any atom is 0.150 e. The molecule has 1 saturated heterocycles. The molecule has 0 radical (unpaired) electrons. The van der Waals surface area contributed by atoms with Crippen molar-refractivity contribution in [2.75, 3.05) is 19.3 Å². The fourth-order valence-corrected chi connectivity index (χ4v) is 3.36. The highest BCUT2D eigenvalue weighted by Gasteiger charge is 2.54. The van der Waals surface area contributed by atoms with Crippen molar-refractivity contribution in [2.45, 2.75) is 11.8 Å². The first-order valence-corrected chi connectivity index (χ1v) is 6.35. The minimum absolute atomic E-state index is 0.153. The van der Waals surface area contributed by atoms with E-state index in [-0.39, 0.29) is 5.41 Å². The third-order valence-corrected chi connectivity index (χ3v) is 4.34. The number of carbonyl (C=O) groups excluding carboxylic acids is 1. The number of nitrogens with zero attached hydrogens (tertiary/aromatic N) is 1. The Morgan fingerprint density at radius 1 is 1.33 bits per heavy atom. The number of ketones is 1. The molecule has 1 fully saturated rings. The summed E-state index contributed by atoms with van der Waals surface area (Å²) in [4.78, 5) is 12.1. The molecule has 2 nitrogen and oxygen atoms in total. The van der Waals surface area contributed by atoms with Crippen LogP contribution in [0.4, 0.5) is 0 Å². The van der Waals surface area contributed by atoms with Gasteiger partial charge in [-0.2, -0.15) is 0 Å². The van der Waals surface area contributed by atoms with Crippen LogP contribution in [0.25, 0.3) is 0 Å². The summed E-state index contributed by atoms with van der Waals surface area (Å²) in [5.74, 6) is 0.411. The van der Waals surface area contributed by atoms with E-state index >= 15 is 0 Å². The van der Waals surface area contributed by atoms with Gasteiger partial charge in [-0.3, -0.25) is 4.79 Å². The Morgan fingerprint density at radius 3 is 2.80 bits per heavy atom. The lowest BCUT2D eigenvalue weighted by molar-refractivity contribution is -0.126. The number of carbonyl (C=O) groups is 1. The van der Waals surface area contributed by atoms with Crippen LogP contribution in [-0.4, -0.2) is 29.4 Å². The van der Waals surface area contributed by atoms with Crippen molar-refractivity contribution in [1.29, 1.82) is 0 Å². The monoisotopic (exact) mass is 219 g/mol. The van der Waals surface area contributed by atoms with Gasteiger partial charge in [-0.1, -0.05) is 36.2 Å². The fourth-order valence-electron chi connectivity index (χ4n) is 2.67. The van der Waals surface area contributed by atoms with E-state index in [0.717, 1.165) is 13.1 Å². The molecule has 1 spiro atoms. The predicted octanol–water partition coefficient (Wildman–Crippen LogP) is 1.64. The van der Waals surface area contributed by atoms with Crippen LogP contribution in [0.5, 0.6) is 0 Å². The zero-order valence-corrected chi connectivity index (χ0v) is 9.51. The summed E-state index contributed by atoms with van der Waals surface area (Å²) >= 11 is 1.73. The van der Waals surface area contributed by atoms with Crippen LogP contribution < -0.4 is 0 Å². The molecule has 0 amide bonds. The van der Waals surface area contributed by atoms with E-state index in [0.29, 0.717) is 12.2 Å². The molecular formula is C12H13NOS. The molecule has 0 saturated carbocycles. The second kappa shape index (κ2) is 3.09. The van der Waals surface area contributed by atoms with Gasteiger partial charge in [-0.05, 0) is 17.4 Å². The predicted molar refractivity (Wildman–Crippen MR) is 61.9 cm³/mol. The van der Waals surface area contributed by atoms with E-state index in [4.69, 9.17) is 0 Å². The Balaban J connectivity index is 2.01. The summed E-state index contributed by atoms with van der Waals surface area (Å²) in [6.45, 7) is 1.79. The van der Waals surface area contributed by atoms with Crippen LogP contribution >= 0.6 is 11.9 Å². The summed E-state index contributed by atoms with van der Waals surface area (Å²) < 4.78 is 2.25. The second-order valence-corrected chi connectivity index (χ2v) is 5.20. The molecule has 15 heavy (non-hydrogen) atoms. The summed E-state index contributed by atoms with van der Waals surface area (Å²) in [5, 5.41) is 0. The number of benzene rings is 1. The second-order valence-electron chi connectivity index (χ2n) is 4.32. The van der Waals surface area contributed by atoms with Gasteiger partial charge >= 0.3 is 0 Å². The smallest absolute Gasteiger partial charge is 0.150 e. The highest BCUT2D eigenvalue weighted by atomic mass is 32.2. The average Bonchev–Trinajstić information content (AvgIpc) is 2.47. The van der Waals surface area contributed by atoms with Crippen LogP contribution in [0.3, 0.4) is 0 Å². The van der Waals surface area contributed by atoms with E-state index in [2.05, 4.69) is 22.7 Å². The number of fused-ring (bicyclic) bond motifs is 2. The average molecular weight is 219 g/mol. The molecule has 1 aromatic carbocycles. The molecule has 3 rings (SSSR count). The van der Waals surface area contributed by atoms with Gasteiger partial charge in [0.15, 0.2) is 0 Å². The molecule has 0 unspecified atom stereocenters.